The van der Waals surface area contributed by atoms with Gasteiger partial charge < -0.3 is 15.4 Å². The maximum absolute atomic E-state index is 12.6. The summed E-state index contributed by atoms with van der Waals surface area (Å²) in [6.07, 6.45) is 0. The Morgan fingerprint density at radius 1 is 0.963 bits per heavy atom. The Morgan fingerprint density at radius 3 is 2.22 bits per heavy atom. The van der Waals surface area contributed by atoms with Crippen LogP contribution in [-0.2, 0) is 9.53 Å². The summed E-state index contributed by atoms with van der Waals surface area (Å²) in [6, 6.07) is 10.9. The van der Waals surface area contributed by atoms with Gasteiger partial charge in [-0.15, -0.1) is 11.8 Å². The highest BCUT2D eigenvalue weighted by atomic mass is 32.2. The second-order valence-corrected chi connectivity index (χ2v) is 7.44. The van der Waals surface area contributed by atoms with Crippen molar-refractivity contribution in [3.05, 3.63) is 69.8 Å². The monoisotopic (exact) mass is 382 g/mol. The number of anilines is 2. The predicted octanol–water partition coefficient (Wildman–Crippen LogP) is 4.41. The van der Waals surface area contributed by atoms with Gasteiger partial charge in [-0.25, -0.2) is 0 Å². The molecule has 2 aromatic carbocycles. The summed E-state index contributed by atoms with van der Waals surface area (Å²) < 4.78 is 5.34. The molecule has 2 amide bonds. The predicted molar refractivity (Wildman–Crippen MR) is 110 cm³/mol. The number of aryl methyl sites for hydroxylation is 3. The molecule has 2 N–H and O–H groups in total. The van der Waals surface area contributed by atoms with E-state index < -0.39 is 0 Å². The Bertz CT molecular complexity index is 881. The normalized spacial score (nSPS) is 13.4. The Kier molecular flexibility index (Phi) is 5.86. The lowest BCUT2D eigenvalue weighted by Crippen LogP contribution is -2.19. The quantitative estimate of drug-likeness (QED) is 0.822. The minimum atomic E-state index is -0.287. The van der Waals surface area contributed by atoms with Crippen LogP contribution in [0.1, 0.15) is 27.0 Å². The number of benzene rings is 2. The Morgan fingerprint density at radius 2 is 1.63 bits per heavy atom. The Labute approximate surface area is 163 Å². The highest BCUT2D eigenvalue weighted by Gasteiger charge is 2.15. The lowest BCUT2D eigenvalue weighted by Gasteiger charge is -2.14. The molecule has 0 saturated heterocycles. The maximum atomic E-state index is 12.6. The van der Waals surface area contributed by atoms with Crippen LogP contribution in [0.4, 0.5) is 11.4 Å². The van der Waals surface area contributed by atoms with Crippen LogP contribution in [-0.4, -0.2) is 24.2 Å². The topological polar surface area (TPSA) is 67.4 Å². The number of hydrogen-bond acceptors (Lipinski definition) is 4. The van der Waals surface area contributed by atoms with Crippen LogP contribution in [0.25, 0.3) is 0 Å². The molecule has 0 radical (unpaired) electrons. The molecule has 140 valence electrons. The third-order valence-corrected chi connectivity index (χ3v) is 4.98. The van der Waals surface area contributed by atoms with E-state index in [2.05, 4.69) is 10.6 Å². The number of carbonyl (C=O) groups is 2. The van der Waals surface area contributed by atoms with E-state index in [0.717, 1.165) is 22.6 Å². The average molecular weight is 382 g/mol. The summed E-state index contributed by atoms with van der Waals surface area (Å²) in [7, 11) is 0. The van der Waals surface area contributed by atoms with Gasteiger partial charge in [0, 0.05) is 28.1 Å². The van der Waals surface area contributed by atoms with E-state index in [4.69, 9.17) is 4.74 Å². The van der Waals surface area contributed by atoms with Crippen LogP contribution in [0.2, 0.25) is 0 Å². The van der Waals surface area contributed by atoms with Gasteiger partial charge in [0.15, 0.2) is 5.76 Å². The third-order valence-electron chi connectivity index (χ3n) is 4.19. The number of rotatable bonds is 4. The molecule has 6 heteroatoms. The summed E-state index contributed by atoms with van der Waals surface area (Å²) in [5.41, 5.74) is 5.20. The molecule has 0 aliphatic carbocycles. The van der Waals surface area contributed by atoms with Crippen molar-refractivity contribution in [2.75, 3.05) is 23.0 Å². The highest BCUT2D eigenvalue weighted by molar-refractivity contribution is 8.02. The molecule has 5 nitrogen and oxygen atoms in total. The van der Waals surface area contributed by atoms with Crippen molar-refractivity contribution in [2.24, 2.45) is 0 Å². The lowest BCUT2D eigenvalue weighted by molar-refractivity contribution is -0.116. The standard InChI is InChI=1S/C21H22N2O3S/c1-13-10-14(2)19(15(3)11-13)23-20(24)16-4-6-17(7-5-16)22-21(25)18-12-27-9-8-26-18/h4-7,10-12H,8-9H2,1-3H3,(H,22,25)(H,23,24). The van der Waals surface area contributed by atoms with E-state index in [1.54, 1.807) is 41.4 Å². The molecule has 2 aromatic rings. The van der Waals surface area contributed by atoms with Gasteiger partial charge in [0.2, 0.25) is 0 Å². The van der Waals surface area contributed by atoms with Gasteiger partial charge in [0.05, 0.1) is 6.61 Å². The number of carbonyl (C=O) groups excluding carboxylic acids is 2. The third kappa shape index (κ3) is 4.71. The second kappa shape index (κ2) is 8.31. The molecule has 3 rings (SSSR count). The van der Waals surface area contributed by atoms with Gasteiger partial charge in [-0.2, -0.15) is 0 Å². The van der Waals surface area contributed by atoms with Crippen molar-refractivity contribution in [3.8, 4) is 0 Å². The first-order valence-electron chi connectivity index (χ1n) is 8.69. The largest absolute Gasteiger partial charge is 0.487 e. The summed E-state index contributed by atoms with van der Waals surface area (Å²) in [4.78, 5) is 24.7. The van der Waals surface area contributed by atoms with Gasteiger partial charge in [-0.05, 0) is 56.2 Å². The minimum absolute atomic E-state index is 0.183. The number of ether oxygens (including phenoxy) is 1. The zero-order chi connectivity index (χ0) is 19.4. The van der Waals surface area contributed by atoms with Crippen LogP contribution in [0.5, 0.6) is 0 Å². The Balaban J connectivity index is 1.67. The highest BCUT2D eigenvalue weighted by Crippen LogP contribution is 2.23. The molecule has 0 aromatic heterocycles. The molecular formula is C21H22N2O3S. The molecular weight excluding hydrogens is 360 g/mol. The van der Waals surface area contributed by atoms with E-state index in [1.165, 1.54) is 5.56 Å². The van der Waals surface area contributed by atoms with Crippen molar-refractivity contribution in [2.45, 2.75) is 20.8 Å². The zero-order valence-electron chi connectivity index (χ0n) is 15.6. The summed E-state index contributed by atoms with van der Waals surface area (Å²) in [5, 5.41) is 7.47. The number of thioether (sulfide) groups is 1. The average Bonchev–Trinajstić information content (AvgIpc) is 2.65. The van der Waals surface area contributed by atoms with Crippen LogP contribution in [0.15, 0.2) is 47.6 Å². The fourth-order valence-corrected chi connectivity index (χ4v) is 3.57. The zero-order valence-corrected chi connectivity index (χ0v) is 16.4. The van der Waals surface area contributed by atoms with Crippen LogP contribution in [0, 0.1) is 20.8 Å². The fourth-order valence-electron chi connectivity index (χ4n) is 2.95. The van der Waals surface area contributed by atoms with Crippen molar-refractivity contribution in [1.29, 1.82) is 0 Å². The molecule has 0 fully saturated rings. The first-order valence-corrected chi connectivity index (χ1v) is 9.74. The first kappa shape index (κ1) is 19.0. The van der Waals surface area contributed by atoms with Crippen molar-refractivity contribution >= 4 is 35.0 Å². The maximum Gasteiger partial charge on any atom is 0.291 e. The molecule has 0 spiro atoms. The SMILES string of the molecule is Cc1cc(C)c(NC(=O)c2ccc(NC(=O)C3=CSCCO3)cc2)c(C)c1. The second-order valence-electron chi connectivity index (χ2n) is 6.46. The summed E-state index contributed by atoms with van der Waals surface area (Å²) in [6.45, 7) is 6.52. The number of nitrogens with one attached hydrogen (secondary N) is 2. The Hall–Kier alpha value is -2.73. The van der Waals surface area contributed by atoms with Crippen molar-refractivity contribution in [3.63, 3.8) is 0 Å². The smallest absolute Gasteiger partial charge is 0.291 e. The minimum Gasteiger partial charge on any atom is -0.487 e. The van der Waals surface area contributed by atoms with E-state index in [9.17, 15) is 9.59 Å². The van der Waals surface area contributed by atoms with Gasteiger partial charge in [0.25, 0.3) is 11.8 Å². The van der Waals surface area contributed by atoms with Gasteiger partial charge in [-0.1, -0.05) is 17.7 Å². The summed E-state index contributed by atoms with van der Waals surface area (Å²) >= 11 is 1.55. The number of hydrogen-bond donors (Lipinski definition) is 2. The molecule has 0 saturated carbocycles. The van der Waals surface area contributed by atoms with E-state index in [-0.39, 0.29) is 11.8 Å². The van der Waals surface area contributed by atoms with E-state index in [1.807, 2.05) is 32.9 Å². The lowest BCUT2D eigenvalue weighted by atomic mass is 10.0. The first-order chi connectivity index (χ1) is 12.9. The molecule has 1 aliphatic rings. The van der Waals surface area contributed by atoms with Crippen LogP contribution < -0.4 is 10.6 Å². The number of amides is 2. The van der Waals surface area contributed by atoms with E-state index >= 15 is 0 Å². The van der Waals surface area contributed by atoms with Crippen molar-refractivity contribution in [1.82, 2.24) is 0 Å². The van der Waals surface area contributed by atoms with E-state index in [0.29, 0.717) is 23.6 Å². The molecule has 0 atom stereocenters. The molecule has 0 unspecified atom stereocenters. The van der Waals surface area contributed by atoms with Gasteiger partial charge >= 0.3 is 0 Å². The molecule has 1 aliphatic heterocycles. The molecule has 1 heterocycles. The fraction of sp³-hybridized carbons (Fsp3) is 0.238. The van der Waals surface area contributed by atoms with Crippen molar-refractivity contribution < 1.29 is 14.3 Å². The molecule has 0 bridgehead atoms. The van der Waals surface area contributed by atoms with Crippen LogP contribution in [0.3, 0.4) is 0 Å². The summed E-state index contributed by atoms with van der Waals surface area (Å²) in [5.74, 6) is 0.696. The van der Waals surface area contributed by atoms with Gasteiger partial charge in [0.1, 0.15) is 0 Å². The van der Waals surface area contributed by atoms with Gasteiger partial charge in [-0.3, -0.25) is 9.59 Å². The molecule has 27 heavy (non-hydrogen) atoms. The van der Waals surface area contributed by atoms with Crippen LogP contribution >= 0.6 is 11.8 Å².